The van der Waals surface area contributed by atoms with E-state index in [0.29, 0.717) is 31.5 Å². The molecule has 0 aliphatic carbocycles. The Kier molecular flexibility index (Phi) is 5.64. The Morgan fingerprint density at radius 3 is 2.25 bits per heavy atom. The van der Waals surface area contributed by atoms with Gasteiger partial charge in [0, 0.05) is 19.2 Å². The van der Waals surface area contributed by atoms with Gasteiger partial charge in [-0.25, -0.2) is 0 Å². The third-order valence-corrected chi connectivity index (χ3v) is 4.00. The minimum Gasteiger partial charge on any atom is -0.469 e. The number of ether oxygens (including phenoxy) is 1. The Morgan fingerprint density at radius 1 is 1.17 bits per heavy atom. The lowest BCUT2D eigenvalue weighted by Crippen LogP contribution is -2.39. The second kappa shape index (κ2) is 7.51. The molecule has 130 valence electrons. The molecule has 0 unspecified atom stereocenters. The summed E-state index contributed by atoms with van der Waals surface area (Å²) in [6.45, 7) is 0.909. The Labute approximate surface area is 137 Å². The van der Waals surface area contributed by atoms with Gasteiger partial charge in [0.2, 0.25) is 5.91 Å². The largest absolute Gasteiger partial charge is 0.469 e. The van der Waals surface area contributed by atoms with E-state index < -0.39 is 11.7 Å². The highest BCUT2D eigenvalue weighted by Crippen LogP contribution is 2.29. The summed E-state index contributed by atoms with van der Waals surface area (Å²) < 4.78 is 42.1. The summed E-state index contributed by atoms with van der Waals surface area (Å²) in [5.74, 6) is -0.668. The van der Waals surface area contributed by atoms with Crippen molar-refractivity contribution in [2.75, 3.05) is 20.2 Å². The van der Waals surface area contributed by atoms with Gasteiger partial charge in [-0.1, -0.05) is 12.1 Å². The Balaban J connectivity index is 1.91. The van der Waals surface area contributed by atoms with E-state index >= 15 is 0 Å². The molecule has 1 aromatic rings. The molecule has 7 heteroatoms. The van der Waals surface area contributed by atoms with Gasteiger partial charge in [-0.2, -0.15) is 13.2 Å². The molecule has 0 radical (unpaired) electrons. The second-order valence-electron chi connectivity index (χ2n) is 5.58. The van der Waals surface area contributed by atoms with Crippen molar-refractivity contribution in [3.63, 3.8) is 0 Å². The van der Waals surface area contributed by atoms with E-state index in [1.54, 1.807) is 4.90 Å². The van der Waals surface area contributed by atoms with Crippen molar-refractivity contribution >= 4 is 18.0 Å². The highest BCUT2D eigenvalue weighted by Gasteiger charge is 2.30. The average Bonchev–Trinajstić information content (AvgIpc) is 2.58. The Morgan fingerprint density at radius 2 is 1.75 bits per heavy atom. The molecule has 0 saturated carbocycles. The van der Waals surface area contributed by atoms with Crippen molar-refractivity contribution in [2.24, 2.45) is 5.92 Å². The molecule has 2 rings (SSSR count). The molecule has 1 aliphatic heterocycles. The molecular formula is C17H18F3NO3. The minimum absolute atomic E-state index is 0.182. The first-order valence-electron chi connectivity index (χ1n) is 7.53. The van der Waals surface area contributed by atoms with E-state index in [1.165, 1.54) is 31.4 Å². The number of piperidine rings is 1. The van der Waals surface area contributed by atoms with Gasteiger partial charge in [0.05, 0.1) is 18.6 Å². The van der Waals surface area contributed by atoms with Crippen molar-refractivity contribution in [2.45, 2.75) is 19.0 Å². The molecule has 24 heavy (non-hydrogen) atoms. The maximum Gasteiger partial charge on any atom is 0.416 e. The number of likely N-dealkylation sites (tertiary alicyclic amines) is 1. The zero-order valence-electron chi connectivity index (χ0n) is 13.2. The number of alkyl halides is 3. The van der Waals surface area contributed by atoms with E-state index in [2.05, 4.69) is 4.74 Å². The quantitative estimate of drug-likeness (QED) is 0.627. The van der Waals surface area contributed by atoms with Crippen LogP contribution in [0.25, 0.3) is 6.08 Å². The van der Waals surface area contributed by atoms with Crippen LogP contribution in [0.5, 0.6) is 0 Å². The molecule has 1 amide bonds. The molecule has 1 aromatic carbocycles. The van der Waals surface area contributed by atoms with Crippen LogP contribution in [0.4, 0.5) is 13.2 Å². The molecule has 0 bridgehead atoms. The number of hydrogen-bond donors (Lipinski definition) is 0. The topological polar surface area (TPSA) is 46.6 Å². The van der Waals surface area contributed by atoms with Crippen LogP contribution in [0.3, 0.4) is 0 Å². The fourth-order valence-corrected chi connectivity index (χ4v) is 2.56. The second-order valence-corrected chi connectivity index (χ2v) is 5.58. The molecule has 1 heterocycles. The van der Waals surface area contributed by atoms with Crippen molar-refractivity contribution in [3.8, 4) is 0 Å². The molecule has 4 nitrogen and oxygen atoms in total. The van der Waals surface area contributed by atoms with Gasteiger partial charge >= 0.3 is 12.1 Å². The summed E-state index contributed by atoms with van der Waals surface area (Å²) in [4.78, 5) is 25.1. The molecule has 1 aliphatic rings. The lowest BCUT2D eigenvalue weighted by atomic mass is 9.97. The smallest absolute Gasteiger partial charge is 0.416 e. The number of methoxy groups -OCH3 is 1. The summed E-state index contributed by atoms with van der Waals surface area (Å²) in [7, 11) is 1.34. The van der Waals surface area contributed by atoms with Gasteiger partial charge in [0.1, 0.15) is 0 Å². The number of halogens is 3. The van der Waals surface area contributed by atoms with Crippen LogP contribution >= 0.6 is 0 Å². The number of nitrogens with zero attached hydrogens (tertiary/aromatic N) is 1. The van der Waals surface area contributed by atoms with Crippen LogP contribution in [0, 0.1) is 5.92 Å². The van der Waals surface area contributed by atoms with E-state index in [-0.39, 0.29) is 17.8 Å². The number of hydrogen-bond acceptors (Lipinski definition) is 3. The lowest BCUT2D eigenvalue weighted by Gasteiger charge is -2.29. The Bertz CT molecular complexity index is 615. The third-order valence-electron chi connectivity index (χ3n) is 4.00. The third kappa shape index (κ3) is 4.59. The average molecular weight is 341 g/mol. The van der Waals surface area contributed by atoms with Crippen molar-refractivity contribution in [1.29, 1.82) is 0 Å². The predicted octanol–water partition coefficient (Wildman–Crippen LogP) is 3.13. The molecule has 0 spiro atoms. The summed E-state index contributed by atoms with van der Waals surface area (Å²) >= 11 is 0. The van der Waals surface area contributed by atoms with E-state index in [0.717, 1.165) is 12.1 Å². The first-order chi connectivity index (χ1) is 11.3. The van der Waals surface area contributed by atoms with E-state index in [9.17, 15) is 22.8 Å². The number of benzene rings is 1. The highest BCUT2D eigenvalue weighted by molar-refractivity contribution is 5.92. The van der Waals surface area contributed by atoms with Crippen LogP contribution < -0.4 is 0 Å². The van der Waals surface area contributed by atoms with Gasteiger partial charge in [0.25, 0.3) is 0 Å². The SMILES string of the molecule is COC(=O)C1CCN(C(=O)C=Cc2ccc(C(F)(F)F)cc2)CC1. The van der Waals surface area contributed by atoms with Crippen LogP contribution in [-0.2, 0) is 20.5 Å². The predicted molar refractivity (Wildman–Crippen MR) is 81.8 cm³/mol. The van der Waals surface area contributed by atoms with E-state index in [1.807, 2.05) is 0 Å². The van der Waals surface area contributed by atoms with Gasteiger partial charge in [-0.15, -0.1) is 0 Å². The highest BCUT2D eigenvalue weighted by atomic mass is 19.4. The molecule has 1 saturated heterocycles. The first-order valence-corrected chi connectivity index (χ1v) is 7.53. The number of amides is 1. The van der Waals surface area contributed by atoms with Crippen molar-refractivity contribution < 1.29 is 27.5 Å². The lowest BCUT2D eigenvalue weighted by molar-refractivity contribution is -0.148. The minimum atomic E-state index is -4.37. The summed E-state index contributed by atoms with van der Waals surface area (Å²) in [5, 5.41) is 0. The number of carbonyl (C=O) groups excluding carboxylic acids is 2. The van der Waals surface area contributed by atoms with Crippen LogP contribution in [0.1, 0.15) is 24.0 Å². The first kappa shape index (κ1) is 18.0. The standard InChI is InChI=1S/C17H18F3NO3/c1-24-16(23)13-8-10-21(11-9-13)15(22)7-4-12-2-5-14(6-3-12)17(18,19)20/h2-7,13H,8-11H2,1H3. The van der Waals surface area contributed by atoms with E-state index in [4.69, 9.17) is 0 Å². The summed E-state index contributed by atoms with van der Waals surface area (Å²) in [5.41, 5.74) is -0.211. The Hall–Kier alpha value is -2.31. The maximum atomic E-state index is 12.5. The maximum absolute atomic E-state index is 12.5. The van der Waals surface area contributed by atoms with Crippen LogP contribution in [0.2, 0.25) is 0 Å². The molecule has 0 N–H and O–H groups in total. The molecular weight excluding hydrogens is 323 g/mol. The van der Waals surface area contributed by atoms with Gasteiger partial charge in [0.15, 0.2) is 0 Å². The molecule has 0 aromatic heterocycles. The van der Waals surface area contributed by atoms with Gasteiger partial charge < -0.3 is 9.64 Å². The molecule has 1 fully saturated rings. The monoisotopic (exact) mass is 341 g/mol. The zero-order valence-corrected chi connectivity index (χ0v) is 13.2. The summed E-state index contributed by atoms with van der Waals surface area (Å²) in [6, 6.07) is 4.59. The van der Waals surface area contributed by atoms with Gasteiger partial charge in [-0.05, 0) is 36.6 Å². The number of esters is 1. The van der Waals surface area contributed by atoms with Gasteiger partial charge in [-0.3, -0.25) is 9.59 Å². The van der Waals surface area contributed by atoms with Crippen molar-refractivity contribution in [1.82, 2.24) is 4.90 Å². The normalized spacial score (nSPS) is 16.4. The number of carbonyl (C=O) groups is 2. The van der Waals surface area contributed by atoms with Crippen LogP contribution in [0.15, 0.2) is 30.3 Å². The fourth-order valence-electron chi connectivity index (χ4n) is 2.56. The fraction of sp³-hybridized carbons (Fsp3) is 0.412. The summed E-state index contributed by atoms with van der Waals surface area (Å²) in [6.07, 6.45) is -0.461. The van der Waals surface area contributed by atoms with Crippen molar-refractivity contribution in [3.05, 3.63) is 41.5 Å². The number of rotatable bonds is 3. The molecule has 0 atom stereocenters. The zero-order chi connectivity index (χ0) is 17.7. The van der Waals surface area contributed by atoms with Crippen LogP contribution in [-0.4, -0.2) is 37.0 Å².